The van der Waals surface area contributed by atoms with Gasteiger partial charge in [-0.05, 0) is 24.5 Å². The molecule has 1 aliphatic rings. The Morgan fingerprint density at radius 2 is 2.23 bits per heavy atom. The first-order valence-electron chi connectivity index (χ1n) is 5.01. The van der Waals surface area contributed by atoms with Gasteiger partial charge < -0.3 is 5.32 Å². The van der Waals surface area contributed by atoms with Crippen molar-refractivity contribution in [1.82, 2.24) is 0 Å². The zero-order valence-corrected chi connectivity index (χ0v) is 8.65. The molecule has 70 valence electrons. The van der Waals surface area contributed by atoms with Gasteiger partial charge >= 0.3 is 0 Å². The van der Waals surface area contributed by atoms with Crippen LogP contribution in [0.15, 0.2) is 18.2 Å². The molecule has 1 heterocycles. The van der Waals surface area contributed by atoms with Gasteiger partial charge in [-0.1, -0.05) is 32.0 Å². The van der Waals surface area contributed by atoms with E-state index in [1.54, 1.807) is 0 Å². The molecule has 0 amide bonds. The molecule has 0 radical (unpaired) electrons. The highest BCUT2D eigenvalue weighted by atomic mass is 14.9. The van der Waals surface area contributed by atoms with E-state index in [0.717, 1.165) is 6.54 Å². The molecule has 1 N–H and O–H groups in total. The van der Waals surface area contributed by atoms with Crippen LogP contribution in [0, 0.1) is 6.92 Å². The molecule has 1 heteroatoms. The molecule has 13 heavy (non-hydrogen) atoms. The maximum atomic E-state index is 3.51. The number of benzene rings is 1. The van der Waals surface area contributed by atoms with E-state index < -0.39 is 0 Å². The van der Waals surface area contributed by atoms with Crippen LogP contribution in [-0.4, -0.2) is 6.54 Å². The van der Waals surface area contributed by atoms with Gasteiger partial charge in [0.1, 0.15) is 0 Å². The number of fused-ring (bicyclic) bond motifs is 1. The first-order valence-corrected chi connectivity index (χ1v) is 5.01. The van der Waals surface area contributed by atoms with Crippen LogP contribution in [0.4, 0.5) is 5.69 Å². The summed E-state index contributed by atoms with van der Waals surface area (Å²) in [6.45, 7) is 7.86. The van der Waals surface area contributed by atoms with Crippen molar-refractivity contribution in [2.75, 3.05) is 11.9 Å². The summed E-state index contributed by atoms with van der Waals surface area (Å²) in [4.78, 5) is 0. The lowest BCUT2D eigenvalue weighted by Crippen LogP contribution is -2.22. The summed E-state index contributed by atoms with van der Waals surface area (Å²) in [7, 11) is 0. The molecular formula is C12H17N. The van der Waals surface area contributed by atoms with Crippen molar-refractivity contribution in [2.45, 2.75) is 32.6 Å². The summed E-state index contributed by atoms with van der Waals surface area (Å²) in [6, 6.07) is 6.59. The summed E-state index contributed by atoms with van der Waals surface area (Å²) in [5, 5.41) is 3.51. The van der Waals surface area contributed by atoms with Crippen molar-refractivity contribution < 1.29 is 0 Å². The lowest BCUT2D eigenvalue weighted by molar-refractivity contribution is 0.504. The summed E-state index contributed by atoms with van der Waals surface area (Å²) in [6.07, 6.45) is 1.20. The van der Waals surface area contributed by atoms with Gasteiger partial charge in [0, 0.05) is 17.6 Å². The van der Waals surface area contributed by atoms with E-state index in [0.29, 0.717) is 5.41 Å². The standard InChI is InChI=1S/C12H17N/c1-4-12(3)8-13-11-9(2)6-5-7-10(11)12/h5-7,13H,4,8H2,1-3H3/t12-/m1/s1. The topological polar surface area (TPSA) is 12.0 Å². The van der Waals surface area contributed by atoms with Gasteiger partial charge in [0.15, 0.2) is 0 Å². The Bertz CT molecular complexity index is 330. The van der Waals surface area contributed by atoms with Crippen molar-refractivity contribution in [2.24, 2.45) is 0 Å². The summed E-state index contributed by atoms with van der Waals surface area (Å²) >= 11 is 0. The molecule has 2 rings (SSSR count). The highest BCUT2D eigenvalue weighted by molar-refractivity contribution is 5.64. The van der Waals surface area contributed by atoms with Crippen LogP contribution in [0.1, 0.15) is 31.4 Å². The van der Waals surface area contributed by atoms with Crippen molar-refractivity contribution in [3.8, 4) is 0 Å². The van der Waals surface area contributed by atoms with Crippen molar-refractivity contribution >= 4 is 5.69 Å². The van der Waals surface area contributed by atoms with Gasteiger partial charge in [-0.3, -0.25) is 0 Å². The molecule has 1 nitrogen and oxygen atoms in total. The van der Waals surface area contributed by atoms with Crippen LogP contribution in [0.3, 0.4) is 0 Å². The summed E-state index contributed by atoms with van der Waals surface area (Å²) in [5.41, 5.74) is 4.58. The van der Waals surface area contributed by atoms with Crippen molar-refractivity contribution in [3.63, 3.8) is 0 Å². The summed E-state index contributed by atoms with van der Waals surface area (Å²) in [5.74, 6) is 0. The van der Waals surface area contributed by atoms with Crippen LogP contribution in [-0.2, 0) is 5.41 Å². The lowest BCUT2D eigenvalue weighted by Gasteiger charge is -2.21. The van der Waals surface area contributed by atoms with Crippen LogP contribution >= 0.6 is 0 Å². The molecule has 0 saturated carbocycles. The number of nitrogens with one attached hydrogen (secondary N) is 1. The van der Waals surface area contributed by atoms with Gasteiger partial charge in [-0.25, -0.2) is 0 Å². The van der Waals surface area contributed by atoms with Crippen LogP contribution in [0.2, 0.25) is 0 Å². The van der Waals surface area contributed by atoms with Gasteiger partial charge in [-0.15, -0.1) is 0 Å². The molecular weight excluding hydrogens is 158 g/mol. The number of anilines is 1. The third-order valence-corrected chi connectivity index (χ3v) is 3.36. The third kappa shape index (κ3) is 1.14. The highest BCUT2D eigenvalue weighted by Gasteiger charge is 2.32. The van der Waals surface area contributed by atoms with E-state index in [4.69, 9.17) is 0 Å². The Morgan fingerprint density at radius 3 is 2.92 bits per heavy atom. The molecule has 0 fully saturated rings. The van der Waals surface area contributed by atoms with Crippen LogP contribution in [0.25, 0.3) is 0 Å². The zero-order valence-electron chi connectivity index (χ0n) is 8.65. The largest absolute Gasteiger partial charge is 0.384 e. The van der Waals surface area contributed by atoms with Gasteiger partial charge in [0.25, 0.3) is 0 Å². The zero-order chi connectivity index (χ0) is 9.47. The third-order valence-electron chi connectivity index (χ3n) is 3.36. The number of aryl methyl sites for hydroxylation is 1. The smallest absolute Gasteiger partial charge is 0.0409 e. The number of hydrogen-bond acceptors (Lipinski definition) is 1. The minimum Gasteiger partial charge on any atom is -0.384 e. The lowest BCUT2D eigenvalue weighted by atomic mass is 9.82. The Hall–Kier alpha value is -0.980. The predicted molar refractivity (Wildman–Crippen MR) is 57.3 cm³/mol. The average Bonchev–Trinajstić information content (AvgIpc) is 2.47. The second kappa shape index (κ2) is 2.76. The SMILES string of the molecule is CC[C@]1(C)CNc2c(C)cccc21. The molecule has 0 aromatic heterocycles. The fourth-order valence-corrected chi connectivity index (χ4v) is 2.10. The molecule has 1 aromatic carbocycles. The van der Waals surface area contributed by atoms with Crippen molar-refractivity contribution in [3.05, 3.63) is 29.3 Å². The second-order valence-corrected chi connectivity index (χ2v) is 4.27. The fraction of sp³-hybridized carbons (Fsp3) is 0.500. The minimum absolute atomic E-state index is 0.349. The molecule has 0 spiro atoms. The van der Waals surface area contributed by atoms with E-state index in [1.165, 1.54) is 23.2 Å². The first-order chi connectivity index (χ1) is 6.17. The van der Waals surface area contributed by atoms with Crippen molar-refractivity contribution in [1.29, 1.82) is 0 Å². The Morgan fingerprint density at radius 1 is 1.46 bits per heavy atom. The van der Waals surface area contributed by atoms with E-state index in [-0.39, 0.29) is 0 Å². The number of para-hydroxylation sites is 1. The normalized spacial score (nSPS) is 25.5. The molecule has 1 atom stereocenters. The Labute approximate surface area is 80.2 Å². The molecule has 0 saturated heterocycles. The molecule has 0 aliphatic carbocycles. The Balaban J connectivity index is 2.55. The fourth-order valence-electron chi connectivity index (χ4n) is 2.10. The van der Waals surface area contributed by atoms with Crippen LogP contribution < -0.4 is 5.32 Å². The predicted octanol–water partition coefficient (Wildman–Crippen LogP) is 3.09. The van der Waals surface area contributed by atoms with E-state index in [2.05, 4.69) is 44.3 Å². The van der Waals surface area contributed by atoms with E-state index in [9.17, 15) is 0 Å². The summed E-state index contributed by atoms with van der Waals surface area (Å²) < 4.78 is 0. The quantitative estimate of drug-likeness (QED) is 0.691. The van der Waals surface area contributed by atoms with Gasteiger partial charge in [0.2, 0.25) is 0 Å². The van der Waals surface area contributed by atoms with E-state index in [1.807, 2.05) is 0 Å². The number of rotatable bonds is 1. The van der Waals surface area contributed by atoms with E-state index >= 15 is 0 Å². The molecule has 1 aromatic rings. The van der Waals surface area contributed by atoms with Gasteiger partial charge in [-0.2, -0.15) is 0 Å². The van der Waals surface area contributed by atoms with Crippen LogP contribution in [0.5, 0.6) is 0 Å². The van der Waals surface area contributed by atoms with Gasteiger partial charge in [0.05, 0.1) is 0 Å². The highest BCUT2D eigenvalue weighted by Crippen LogP contribution is 2.40. The maximum Gasteiger partial charge on any atom is 0.0409 e. The average molecular weight is 175 g/mol. The molecule has 1 aliphatic heterocycles. The second-order valence-electron chi connectivity index (χ2n) is 4.27. The Kier molecular flexibility index (Phi) is 1.83. The minimum atomic E-state index is 0.349. The monoisotopic (exact) mass is 175 g/mol. The maximum absolute atomic E-state index is 3.51. The first kappa shape index (κ1) is 8.61. The molecule has 0 bridgehead atoms. The number of hydrogen-bond donors (Lipinski definition) is 1. The molecule has 0 unspecified atom stereocenters.